The first-order chi connectivity index (χ1) is 13.2. The van der Waals surface area contributed by atoms with Gasteiger partial charge in [-0.15, -0.1) is 0 Å². The van der Waals surface area contributed by atoms with E-state index in [-0.39, 0.29) is 18.6 Å². The van der Waals surface area contributed by atoms with Crippen LogP contribution < -0.4 is 14.2 Å². The molecule has 2 heterocycles. The molecule has 6 nitrogen and oxygen atoms in total. The molecule has 0 bridgehead atoms. The second kappa shape index (κ2) is 7.48. The van der Waals surface area contributed by atoms with Crippen molar-refractivity contribution in [2.24, 2.45) is 0 Å². The third kappa shape index (κ3) is 3.57. The third-order valence-corrected chi connectivity index (χ3v) is 5.11. The standard InChI is InChI=1S/C21H23NO5/c1-2-25-16-6-3-14(4-7-16)21(24)22-10-9-17(18(23)12-22)15-5-8-19-20(11-15)27-13-26-19/h3-8,11,17-18,23H,2,9-10,12-13H2,1H3/t17-,18+/m0/s1. The second-order valence-electron chi connectivity index (χ2n) is 6.78. The van der Waals surface area contributed by atoms with Gasteiger partial charge in [-0.2, -0.15) is 0 Å². The van der Waals surface area contributed by atoms with E-state index in [2.05, 4.69) is 0 Å². The number of fused-ring (bicyclic) bond motifs is 1. The number of likely N-dealkylation sites (tertiary alicyclic amines) is 1. The summed E-state index contributed by atoms with van der Waals surface area (Å²) in [6, 6.07) is 12.9. The van der Waals surface area contributed by atoms with Gasteiger partial charge in [-0.25, -0.2) is 0 Å². The van der Waals surface area contributed by atoms with Gasteiger partial charge in [0.15, 0.2) is 11.5 Å². The normalized spacial score (nSPS) is 21.2. The average Bonchev–Trinajstić information content (AvgIpc) is 3.16. The Morgan fingerprint density at radius 3 is 2.70 bits per heavy atom. The molecule has 27 heavy (non-hydrogen) atoms. The first-order valence-corrected chi connectivity index (χ1v) is 9.25. The molecule has 142 valence electrons. The number of carbonyl (C=O) groups excluding carboxylic acids is 1. The van der Waals surface area contributed by atoms with Crippen molar-refractivity contribution in [3.63, 3.8) is 0 Å². The van der Waals surface area contributed by atoms with Crippen molar-refractivity contribution in [3.8, 4) is 17.2 Å². The molecular weight excluding hydrogens is 346 g/mol. The Morgan fingerprint density at radius 2 is 1.96 bits per heavy atom. The molecule has 2 aromatic rings. The molecule has 2 aliphatic heterocycles. The highest BCUT2D eigenvalue weighted by atomic mass is 16.7. The summed E-state index contributed by atoms with van der Waals surface area (Å²) in [7, 11) is 0. The van der Waals surface area contributed by atoms with E-state index in [0.717, 1.165) is 17.1 Å². The fraction of sp³-hybridized carbons (Fsp3) is 0.381. The van der Waals surface area contributed by atoms with Crippen LogP contribution in [-0.4, -0.2) is 48.5 Å². The number of amides is 1. The summed E-state index contributed by atoms with van der Waals surface area (Å²) in [5.41, 5.74) is 1.62. The van der Waals surface area contributed by atoms with Gasteiger partial charge >= 0.3 is 0 Å². The van der Waals surface area contributed by atoms with E-state index in [0.29, 0.717) is 37.4 Å². The van der Waals surface area contributed by atoms with Crippen molar-refractivity contribution in [2.75, 3.05) is 26.5 Å². The van der Waals surface area contributed by atoms with Gasteiger partial charge in [0.25, 0.3) is 5.91 Å². The maximum atomic E-state index is 12.7. The molecule has 2 aromatic carbocycles. The lowest BCUT2D eigenvalue weighted by Crippen LogP contribution is -2.45. The van der Waals surface area contributed by atoms with Gasteiger partial charge in [0.2, 0.25) is 6.79 Å². The number of β-amino-alcohol motifs (C(OH)–C–C–N with tert-alkyl or cyclic N) is 1. The molecule has 0 aliphatic carbocycles. The molecule has 0 spiro atoms. The van der Waals surface area contributed by atoms with E-state index in [1.54, 1.807) is 29.2 Å². The van der Waals surface area contributed by atoms with E-state index in [4.69, 9.17) is 14.2 Å². The first kappa shape index (κ1) is 17.7. The minimum atomic E-state index is -0.620. The summed E-state index contributed by atoms with van der Waals surface area (Å²) in [6.07, 6.45) is 0.0783. The van der Waals surface area contributed by atoms with Gasteiger partial charge < -0.3 is 24.2 Å². The molecule has 2 aliphatic rings. The zero-order valence-electron chi connectivity index (χ0n) is 15.3. The van der Waals surface area contributed by atoms with Crippen molar-refractivity contribution in [1.29, 1.82) is 0 Å². The number of nitrogens with zero attached hydrogens (tertiary/aromatic N) is 1. The molecule has 1 N–H and O–H groups in total. The van der Waals surface area contributed by atoms with Crippen molar-refractivity contribution < 1.29 is 24.1 Å². The van der Waals surface area contributed by atoms with Gasteiger partial charge in [0, 0.05) is 24.6 Å². The number of ether oxygens (including phenoxy) is 3. The minimum Gasteiger partial charge on any atom is -0.494 e. The summed E-state index contributed by atoms with van der Waals surface area (Å²) in [4.78, 5) is 14.5. The zero-order valence-corrected chi connectivity index (χ0v) is 15.3. The van der Waals surface area contributed by atoms with Crippen LogP contribution in [-0.2, 0) is 0 Å². The predicted molar refractivity (Wildman–Crippen MR) is 99.4 cm³/mol. The van der Waals surface area contributed by atoms with Crippen LogP contribution in [0.3, 0.4) is 0 Å². The maximum absolute atomic E-state index is 12.7. The van der Waals surface area contributed by atoms with E-state index in [1.165, 1.54) is 0 Å². The van der Waals surface area contributed by atoms with E-state index < -0.39 is 6.10 Å². The molecule has 6 heteroatoms. The average molecular weight is 369 g/mol. The van der Waals surface area contributed by atoms with Crippen LogP contribution in [0.4, 0.5) is 0 Å². The lowest BCUT2D eigenvalue weighted by molar-refractivity contribution is 0.0381. The Morgan fingerprint density at radius 1 is 1.19 bits per heavy atom. The first-order valence-electron chi connectivity index (χ1n) is 9.25. The summed E-state index contributed by atoms with van der Waals surface area (Å²) in [5.74, 6) is 2.10. The zero-order chi connectivity index (χ0) is 18.8. The van der Waals surface area contributed by atoms with Crippen LogP contribution in [0, 0.1) is 0 Å². The van der Waals surface area contributed by atoms with Gasteiger partial charge in [0.1, 0.15) is 5.75 Å². The van der Waals surface area contributed by atoms with Crippen molar-refractivity contribution in [3.05, 3.63) is 53.6 Å². The van der Waals surface area contributed by atoms with Gasteiger partial charge in [-0.3, -0.25) is 4.79 Å². The predicted octanol–water partition coefficient (Wildman–Crippen LogP) is 2.80. The van der Waals surface area contributed by atoms with Gasteiger partial charge in [-0.1, -0.05) is 6.07 Å². The summed E-state index contributed by atoms with van der Waals surface area (Å²) < 4.78 is 16.2. The van der Waals surface area contributed by atoms with Crippen LogP contribution in [0.1, 0.15) is 35.2 Å². The van der Waals surface area contributed by atoms with Crippen molar-refractivity contribution >= 4 is 5.91 Å². The SMILES string of the molecule is CCOc1ccc(C(=O)N2CC[C@@H](c3ccc4c(c3)OCO4)[C@H](O)C2)cc1. The molecular formula is C21H23NO5. The lowest BCUT2D eigenvalue weighted by Gasteiger charge is -2.36. The molecule has 0 saturated carbocycles. The van der Waals surface area contributed by atoms with Crippen LogP contribution in [0.2, 0.25) is 0 Å². The highest BCUT2D eigenvalue weighted by Crippen LogP contribution is 2.37. The molecule has 0 aromatic heterocycles. The van der Waals surface area contributed by atoms with Crippen LogP contribution in [0.25, 0.3) is 0 Å². The molecule has 1 amide bonds. The number of rotatable bonds is 4. The molecule has 0 radical (unpaired) electrons. The number of aliphatic hydroxyl groups is 1. The van der Waals surface area contributed by atoms with E-state index >= 15 is 0 Å². The molecule has 2 atom stereocenters. The van der Waals surface area contributed by atoms with Crippen LogP contribution >= 0.6 is 0 Å². The smallest absolute Gasteiger partial charge is 0.253 e. The van der Waals surface area contributed by atoms with Gasteiger partial charge in [-0.05, 0) is 55.3 Å². The quantitative estimate of drug-likeness (QED) is 0.898. The Labute approximate surface area is 158 Å². The molecule has 1 saturated heterocycles. The Hall–Kier alpha value is -2.73. The van der Waals surface area contributed by atoms with Crippen LogP contribution in [0.15, 0.2) is 42.5 Å². The Bertz CT molecular complexity index is 820. The highest BCUT2D eigenvalue weighted by Gasteiger charge is 2.32. The van der Waals surface area contributed by atoms with Crippen molar-refractivity contribution in [2.45, 2.75) is 25.4 Å². The number of aliphatic hydroxyl groups excluding tert-OH is 1. The third-order valence-electron chi connectivity index (χ3n) is 5.11. The Kier molecular flexibility index (Phi) is 4.90. The number of benzene rings is 2. The number of hydrogen-bond acceptors (Lipinski definition) is 5. The fourth-order valence-corrected chi connectivity index (χ4v) is 3.69. The summed E-state index contributed by atoms with van der Waals surface area (Å²) in [5, 5.41) is 10.7. The van der Waals surface area contributed by atoms with Crippen LogP contribution in [0.5, 0.6) is 17.2 Å². The van der Waals surface area contributed by atoms with E-state index in [1.807, 2.05) is 25.1 Å². The molecule has 0 unspecified atom stereocenters. The fourth-order valence-electron chi connectivity index (χ4n) is 3.69. The largest absolute Gasteiger partial charge is 0.494 e. The summed E-state index contributed by atoms with van der Waals surface area (Å²) in [6.45, 7) is 3.65. The topological polar surface area (TPSA) is 68.2 Å². The highest BCUT2D eigenvalue weighted by molar-refractivity contribution is 5.94. The monoisotopic (exact) mass is 369 g/mol. The number of piperidine rings is 1. The molecule has 4 rings (SSSR count). The van der Waals surface area contributed by atoms with Crippen molar-refractivity contribution in [1.82, 2.24) is 4.90 Å². The lowest BCUT2D eigenvalue weighted by atomic mass is 9.86. The number of hydrogen-bond donors (Lipinski definition) is 1. The second-order valence-corrected chi connectivity index (χ2v) is 6.78. The summed E-state index contributed by atoms with van der Waals surface area (Å²) >= 11 is 0. The maximum Gasteiger partial charge on any atom is 0.253 e. The molecule has 1 fully saturated rings. The number of carbonyl (C=O) groups is 1. The Balaban J connectivity index is 1.42. The van der Waals surface area contributed by atoms with Gasteiger partial charge in [0.05, 0.1) is 12.7 Å². The minimum absolute atomic E-state index is 0.0242. The van der Waals surface area contributed by atoms with E-state index in [9.17, 15) is 9.90 Å².